The number of rotatable bonds is 7. The fraction of sp³-hybridized carbons (Fsp3) is 0.438. The number of nitrogens with zero attached hydrogens (tertiary/aromatic N) is 2. The van der Waals surface area contributed by atoms with Crippen LogP contribution in [0.25, 0.3) is 10.9 Å². The molecule has 1 amide bonds. The zero-order valence-corrected chi connectivity index (χ0v) is 15.7. The molecule has 1 heterocycles. The number of unbranched alkanes of at least 4 members (excludes halogenated alkanes) is 1. The second kappa shape index (κ2) is 8.49. The molecule has 0 atom stereocenters. The van der Waals surface area contributed by atoms with Crippen LogP contribution >= 0.6 is 27.7 Å². The number of aromatic nitrogens is 2. The molecule has 1 N–H and O–H groups in total. The van der Waals surface area contributed by atoms with Crippen LogP contribution in [0, 0.1) is 0 Å². The molecule has 0 saturated carbocycles. The van der Waals surface area contributed by atoms with Crippen molar-refractivity contribution < 1.29 is 4.79 Å². The molecular weight excluding hydrogens is 378 g/mol. The molecule has 7 heteroatoms. The molecule has 0 spiro atoms. The van der Waals surface area contributed by atoms with Gasteiger partial charge in [-0.2, -0.15) is 0 Å². The first-order chi connectivity index (χ1) is 11.1. The fourth-order valence-electron chi connectivity index (χ4n) is 2.15. The minimum Gasteiger partial charge on any atom is -0.355 e. The summed E-state index contributed by atoms with van der Waals surface area (Å²) in [6.45, 7) is 5.19. The molecule has 1 aromatic heterocycles. The molecular formula is C16H20BrN3O2S. The van der Waals surface area contributed by atoms with Crippen LogP contribution in [0.2, 0.25) is 0 Å². The summed E-state index contributed by atoms with van der Waals surface area (Å²) in [5, 5.41) is 4.03. The minimum absolute atomic E-state index is 0.0312. The molecule has 0 fully saturated rings. The van der Waals surface area contributed by atoms with E-state index < -0.39 is 0 Å². The van der Waals surface area contributed by atoms with Crippen molar-refractivity contribution in [3.05, 3.63) is 33.0 Å². The predicted octanol–water partition coefficient (Wildman–Crippen LogP) is 3.19. The van der Waals surface area contributed by atoms with Gasteiger partial charge in [0.1, 0.15) is 0 Å². The maximum absolute atomic E-state index is 12.6. The van der Waals surface area contributed by atoms with Gasteiger partial charge in [-0.1, -0.05) is 41.0 Å². The number of hydrogen-bond donors (Lipinski definition) is 1. The van der Waals surface area contributed by atoms with E-state index >= 15 is 0 Å². The maximum Gasteiger partial charge on any atom is 0.262 e. The largest absolute Gasteiger partial charge is 0.355 e. The summed E-state index contributed by atoms with van der Waals surface area (Å²) in [4.78, 5) is 28.9. The molecule has 0 unspecified atom stereocenters. The first-order valence-electron chi connectivity index (χ1n) is 7.66. The predicted molar refractivity (Wildman–Crippen MR) is 98.0 cm³/mol. The highest BCUT2D eigenvalue weighted by Gasteiger charge is 2.12. The molecule has 2 rings (SSSR count). The fourth-order valence-corrected chi connectivity index (χ4v) is 3.40. The Balaban J connectivity index is 2.21. The van der Waals surface area contributed by atoms with Crippen LogP contribution in [0.4, 0.5) is 0 Å². The lowest BCUT2D eigenvalue weighted by molar-refractivity contribution is -0.118. The Morgan fingerprint density at radius 3 is 2.87 bits per heavy atom. The first kappa shape index (κ1) is 18.0. The van der Waals surface area contributed by atoms with Gasteiger partial charge in [-0.05, 0) is 31.5 Å². The summed E-state index contributed by atoms with van der Waals surface area (Å²) in [5.74, 6) is 0.231. The molecule has 0 radical (unpaired) electrons. The molecule has 0 aliphatic heterocycles. The molecule has 2 aromatic rings. The second-order valence-electron chi connectivity index (χ2n) is 5.10. The molecule has 5 nitrogen and oxygen atoms in total. The molecule has 0 bridgehead atoms. The highest BCUT2D eigenvalue weighted by Crippen LogP contribution is 2.20. The van der Waals surface area contributed by atoms with E-state index in [1.165, 1.54) is 11.8 Å². The third-order valence-corrected chi connectivity index (χ3v) is 4.85. The zero-order valence-electron chi connectivity index (χ0n) is 13.3. The number of fused-ring (bicyclic) bond motifs is 1. The number of hydrogen-bond acceptors (Lipinski definition) is 4. The highest BCUT2D eigenvalue weighted by molar-refractivity contribution is 9.10. The van der Waals surface area contributed by atoms with E-state index in [1.54, 1.807) is 10.6 Å². The third-order valence-electron chi connectivity index (χ3n) is 3.38. The number of amides is 1. The van der Waals surface area contributed by atoms with Crippen molar-refractivity contribution in [1.29, 1.82) is 0 Å². The Kier molecular flexibility index (Phi) is 6.65. The van der Waals surface area contributed by atoms with Crippen molar-refractivity contribution in [2.75, 3.05) is 12.3 Å². The number of carbonyl (C=O) groups excluding carboxylic acids is 1. The summed E-state index contributed by atoms with van der Waals surface area (Å²) in [6.07, 6.45) is 2.02. The van der Waals surface area contributed by atoms with Gasteiger partial charge in [0.05, 0.1) is 16.7 Å². The lowest BCUT2D eigenvalue weighted by Gasteiger charge is -2.11. The van der Waals surface area contributed by atoms with Gasteiger partial charge in [-0.3, -0.25) is 14.2 Å². The van der Waals surface area contributed by atoms with E-state index in [1.807, 2.05) is 19.1 Å². The Labute approximate surface area is 148 Å². The molecule has 0 aliphatic rings. The summed E-state index contributed by atoms with van der Waals surface area (Å²) in [5.41, 5.74) is 0.574. The van der Waals surface area contributed by atoms with Crippen molar-refractivity contribution in [2.45, 2.75) is 38.4 Å². The molecule has 0 saturated heterocycles. The van der Waals surface area contributed by atoms with Gasteiger partial charge in [0.25, 0.3) is 5.56 Å². The lowest BCUT2D eigenvalue weighted by atomic mass is 10.2. The normalized spacial score (nSPS) is 10.9. The lowest BCUT2D eigenvalue weighted by Crippen LogP contribution is -2.27. The van der Waals surface area contributed by atoms with Crippen molar-refractivity contribution in [2.24, 2.45) is 0 Å². The third kappa shape index (κ3) is 4.57. The van der Waals surface area contributed by atoms with Crippen LogP contribution in [0.15, 0.2) is 32.6 Å². The molecule has 124 valence electrons. The Bertz CT molecular complexity index is 761. The van der Waals surface area contributed by atoms with Crippen molar-refractivity contribution >= 4 is 44.5 Å². The zero-order chi connectivity index (χ0) is 16.8. The van der Waals surface area contributed by atoms with E-state index in [0.717, 1.165) is 17.3 Å². The Morgan fingerprint density at radius 2 is 2.17 bits per heavy atom. The number of nitrogens with one attached hydrogen (secondary N) is 1. The number of benzene rings is 1. The molecule has 1 aromatic carbocycles. The van der Waals surface area contributed by atoms with Gasteiger partial charge in [-0.25, -0.2) is 4.98 Å². The van der Waals surface area contributed by atoms with E-state index in [-0.39, 0.29) is 17.2 Å². The minimum atomic E-state index is -0.0762. The van der Waals surface area contributed by atoms with Crippen LogP contribution in [0.5, 0.6) is 0 Å². The average Bonchev–Trinajstić information content (AvgIpc) is 2.54. The van der Waals surface area contributed by atoms with Crippen LogP contribution in [-0.4, -0.2) is 27.8 Å². The molecule has 23 heavy (non-hydrogen) atoms. The van der Waals surface area contributed by atoms with Crippen molar-refractivity contribution in [3.8, 4) is 0 Å². The number of thioether (sulfide) groups is 1. The second-order valence-corrected chi connectivity index (χ2v) is 6.96. The standard InChI is InChI=1S/C16H20BrN3O2S/c1-3-5-8-18-14(21)10-23-16-19-13-7-6-11(17)9-12(13)15(22)20(16)4-2/h6-7,9H,3-5,8,10H2,1-2H3,(H,18,21). The number of carbonyl (C=O) groups is 1. The highest BCUT2D eigenvalue weighted by atomic mass is 79.9. The maximum atomic E-state index is 12.6. The van der Waals surface area contributed by atoms with Crippen LogP contribution in [0.3, 0.4) is 0 Å². The summed E-state index contributed by atoms with van der Waals surface area (Å²) < 4.78 is 2.46. The number of halogens is 1. The van der Waals surface area contributed by atoms with E-state index in [2.05, 4.69) is 33.2 Å². The van der Waals surface area contributed by atoms with E-state index in [4.69, 9.17) is 0 Å². The van der Waals surface area contributed by atoms with E-state index in [0.29, 0.717) is 29.1 Å². The Morgan fingerprint density at radius 1 is 1.39 bits per heavy atom. The summed E-state index contributed by atoms with van der Waals surface area (Å²) in [6, 6.07) is 5.45. The van der Waals surface area contributed by atoms with Gasteiger partial charge in [0.15, 0.2) is 5.16 Å². The van der Waals surface area contributed by atoms with Gasteiger partial charge >= 0.3 is 0 Å². The van der Waals surface area contributed by atoms with Crippen molar-refractivity contribution in [1.82, 2.24) is 14.9 Å². The first-order valence-corrected chi connectivity index (χ1v) is 9.44. The smallest absolute Gasteiger partial charge is 0.262 e. The van der Waals surface area contributed by atoms with E-state index in [9.17, 15) is 9.59 Å². The Hall–Kier alpha value is -1.34. The van der Waals surface area contributed by atoms with Crippen LogP contribution in [-0.2, 0) is 11.3 Å². The van der Waals surface area contributed by atoms with Gasteiger partial charge < -0.3 is 5.32 Å². The van der Waals surface area contributed by atoms with Gasteiger partial charge in [0, 0.05) is 17.6 Å². The monoisotopic (exact) mass is 397 g/mol. The topological polar surface area (TPSA) is 64.0 Å². The summed E-state index contributed by atoms with van der Waals surface area (Å²) in [7, 11) is 0. The quantitative estimate of drug-likeness (QED) is 0.442. The molecule has 0 aliphatic carbocycles. The average molecular weight is 398 g/mol. The van der Waals surface area contributed by atoms with Crippen molar-refractivity contribution in [3.63, 3.8) is 0 Å². The van der Waals surface area contributed by atoms with Crippen LogP contribution in [0.1, 0.15) is 26.7 Å². The van der Waals surface area contributed by atoms with Crippen LogP contribution < -0.4 is 10.9 Å². The summed E-state index contributed by atoms with van der Waals surface area (Å²) >= 11 is 4.68. The van der Waals surface area contributed by atoms with Gasteiger partial charge in [0.2, 0.25) is 5.91 Å². The SMILES string of the molecule is CCCCNC(=O)CSc1nc2ccc(Br)cc2c(=O)n1CC. The van der Waals surface area contributed by atoms with Gasteiger partial charge in [-0.15, -0.1) is 0 Å².